The number of piperidine rings is 1. The molecule has 3 rings (SSSR count). The van der Waals surface area contributed by atoms with Gasteiger partial charge >= 0.3 is 0 Å². The zero-order chi connectivity index (χ0) is 14.8. The number of hydrogen-bond acceptors (Lipinski definition) is 2. The summed E-state index contributed by atoms with van der Waals surface area (Å²) in [7, 11) is 0. The van der Waals surface area contributed by atoms with Gasteiger partial charge in [-0.15, -0.1) is 0 Å². The molecule has 0 bridgehead atoms. The predicted octanol–water partition coefficient (Wildman–Crippen LogP) is 3.85. The summed E-state index contributed by atoms with van der Waals surface area (Å²) >= 11 is 0. The van der Waals surface area contributed by atoms with Crippen LogP contribution in [0.1, 0.15) is 42.9 Å². The van der Waals surface area contributed by atoms with Crippen LogP contribution in [0.2, 0.25) is 0 Å². The largest absolute Gasteiger partial charge is 0.296 e. The minimum atomic E-state index is 1.06. The standard InChI is InChI=1S/C18H25N3/c1-4-16-9-8-14(2)12-17(16)18-15(3)13-19-21(18)20-10-6-5-7-11-20/h8-9,12-13H,4-7,10-11H2,1-3H3. The van der Waals surface area contributed by atoms with Gasteiger partial charge < -0.3 is 0 Å². The van der Waals surface area contributed by atoms with Crippen LogP contribution in [-0.4, -0.2) is 23.0 Å². The highest BCUT2D eigenvalue weighted by Crippen LogP contribution is 2.29. The summed E-state index contributed by atoms with van der Waals surface area (Å²) in [5, 5.41) is 7.06. The predicted molar refractivity (Wildman–Crippen MR) is 88.3 cm³/mol. The highest BCUT2D eigenvalue weighted by atomic mass is 15.7. The summed E-state index contributed by atoms with van der Waals surface area (Å²) in [5.41, 5.74) is 6.60. The van der Waals surface area contributed by atoms with Gasteiger partial charge in [0, 0.05) is 18.7 Å². The van der Waals surface area contributed by atoms with Gasteiger partial charge in [0.05, 0.1) is 11.9 Å². The Bertz CT molecular complexity index is 621. The molecule has 1 aliphatic heterocycles. The molecule has 0 radical (unpaired) electrons. The summed E-state index contributed by atoms with van der Waals surface area (Å²) < 4.78 is 0. The first-order chi connectivity index (χ1) is 10.2. The van der Waals surface area contributed by atoms with Crippen molar-refractivity contribution in [1.82, 2.24) is 9.89 Å². The molecule has 0 spiro atoms. The van der Waals surface area contributed by atoms with Crippen molar-refractivity contribution in [3.8, 4) is 11.3 Å². The minimum Gasteiger partial charge on any atom is -0.296 e. The highest BCUT2D eigenvalue weighted by Gasteiger charge is 2.19. The molecule has 3 nitrogen and oxygen atoms in total. The van der Waals surface area contributed by atoms with Gasteiger partial charge in [-0.05, 0) is 56.7 Å². The second-order valence-corrected chi connectivity index (χ2v) is 6.09. The van der Waals surface area contributed by atoms with Crippen LogP contribution in [-0.2, 0) is 6.42 Å². The Morgan fingerprint density at radius 2 is 1.86 bits per heavy atom. The first-order valence-electron chi connectivity index (χ1n) is 8.10. The summed E-state index contributed by atoms with van der Waals surface area (Å²) in [6.45, 7) is 8.79. The number of aromatic nitrogens is 2. The van der Waals surface area contributed by atoms with Crippen molar-refractivity contribution in [2.24, 2.45) is 0 Å². The van der Waals surface area contributed by atoms with Crippen LogP contribution >= 0.6 is 0 Å². The lowest BCUT2D eigenvalue weighted by atomic mass is 9.98. The Labute approximate surface area is 127 Å². The van der Waals surface area contributed by atoms with Gasteiger partial charge in [-0.2, -0.15) is 9.89 Å². The average molecular weight is 283 g/mol. The third-order valence-corrected chi connectivity index (χ3v) is 4.44. The monoisotopic (exact) mass is 283 g/mol. The van der Waals surface area contributed by atoms with Crippen LogP contribution in [0.3, 0.4) is 0 Å². The lowest BCUT2D eigenvalue weighted by Crippen LogP contribution is -2.40. The van der Waals surface area contributed by atoms with Gasteiger partial charge in [0.1, 0.15) is 0 Å². The molecule has 1 saturated heterocycles. The Balaban J connectivity index is 2.09. The molecule has 1 fully saturated rings. The molecule has 3 heteroatoms. The molecule has 0 aliphatic carbocycles. The topological polar surface area (TPSA) is 21.1 Å². The van der Waals surface area contributed by atoms with E-state index in [4.69, 9.17) is 0 Å². The van der Waals surface area contributed by atoms with Crippen LogP contribution in [0.4, 0.5) is 0 Å². The molecule has 2 aromatic rings. The number of nitrogens with zero attached hydrogens (tertiary/aromatic N) is 3. The maximum absolute atomic E-state index is 4.66. The summed E-state index contributed by atoms with van der Waals surface area (Å²) in [5.74, 6) is 0. The number of rotatable bonds is 3. The summed E-state index contributed by atoms with van der Waals surface area (Å²) in [6.07, 6.45) is 6.95. The van der Waals surface area contributed by atoms with Crippen molar-refractivity contribution in [2.45, 2.75) is 46.5 Å². The maximum Gasteiger partial charge on any atom is 0.0952 e. The van der Waals surface area contributed by atoms with Gasteiger partial charge in [0.15, 0.2) is 0 Å². The molecule has 0 saturated carbocycles. The van der Waals surface area contributed by atoms with E-state index in [2.05, 4.69) is 53.9 Å². The SMILES string of the molecule is CCc1ccc(C)cc1-c1c(C)cnn1N1CCCCC1. The van der Waals surface area contributed by atoms with E-state index in [1.165, 1.54) is 47.2 Å². The van der Waals surface area contributed by atoms with E-state index in [1.807, 2.05) is 6.20 Å². The van der Waals surface area contributed by atoms with Crippen molar-refractivity contribution in [1.29, 1.82) is 0 Å². The van der Waals surface area contributed by atoms with E-state index < -0.39 is 0 Å². The maximum atomic E-state index is 4.66. The number of hydrogen-bond donors (Lipinski definition) is 0. The molecule has 21 heavy (non-hydrogen) atoms. The third kappa shape index (κ3) is 2.69. The van der Waals surface area contributed by atoms with Crippen molar-refractivity contribution in [3.05, 3.63) is 41.1 Å². The summed E-state index contributed by atoms with van der Waals surface area (Å²) in [6, 6.07) is 6.78. The van der Waals surface area contributed by atoms with Crippen LogP contribution in [0, 0.1) is 13.8 Å². The third-order valence-electron chi connectivity index (χ3n) is 4.44. The zero-order valence-corrected chi connectivity index (χ0v) is 13.4. The van der Waals surface area contributed by atoms with Crippen molar-refractivity contribution >= 4 is 0 Å². The fraction of sp³-hybridized carbons (Fsp3) is 0.500. The van der Waals surface area contributed by atoms with Gasteiger partial charge in [0.25, 0.3) is 0 Å². The van der Waals surface area contributed by atoms with Gasteiger partial charge in [-0.25, -0.2) is 0 Å². The fourth-order valence-electron chi connectivity index (χ4n) is 3.24. The van der Waals surface area contributed by atoms with Crippen LogP contribution < -0.4 is 5.01 Å². The molecule has 2 heterocycles. The van der Waals surface area contributed by atoms with Crippen molar-refractivity contribution in [3.63, 3.8) is 0 Å². The first kappa shape index (κ1) is 14.2. The van der Waals surface area contributed by atoms with E-state index in [0.29, 0.717) is 0 Å². The fourth-order valence-corrected chi connectivity index (χ4v) is 3.24. The Kier molecular flexibility index (Phi) is 4.00. The molecule has 0 N–H and O–H groups in total. The van der Waals surface area contributed by atoms with Crippen molar-refractivity contribution < 1.29 is 0 Å². The van der Waals surface area contributed by atoms with Gasteiger partial charge in [0.2, 0.25) is 0 Å². The second-order valence-electron chi connectivity index (χ2n) is 6.09. The molecule has 1 aromatic heterocycles. The zero-order valence-electron chi connectivity index (χ0n) is 13.4. The molecule has 0 amide bonds. The van der Waals surface area contributed by atoms with E-state index in [0.717, 1.165) is 19.5 Å². The van der Waals surface area contributed by atoms with E-state index in [9.17, 15) is 0 Å². The van der Waals surface area contributed by atoms with Crippen LogP contribution in [0.5, 0.6) is 0 Å². The highest BCUT2D eigenvalue weighted by molar-refractivity contribution is 5.68. The Morgan fingerprint density at radius 1 is 1.10 bits per heavy atom. The second kappa shape index (κ2) is 5.92. The number of aryl methyl sites for hydroxylation is 3. The lowest BCUT2D eigenvalue weighted by molar-refractivity contribution is 0.452. The van der Waals surface area contributed by atoms with Gasteiger partial charge in [-0.3, -0.25) is 5.01 Å². The normalized spacial score (nSPS) is 15.5. The molecule has 0 unspecified atom stereocenters. The van der Waals surface area contributed by atoms with Gasteiger partial charge in [-0.1, -0.05) is 24.6 Å². The van der Waals surface area contributed by atoms with Crippen LogP contribution in [0.25, 0.3) is 11.3 Å². The quantitative estimate of drug-likeness (QED) is 0.853. The molecule has 112 valence electrons. The number of benzene rings is 1. The van der Waals surface area contributed by atoms with E-state index >= 15 is 0 Å². The average Bonchev–Trinajstić information content (AvgIpc) is 2.89. The van der Waals surface area contributed by atoms with Crippen LogP contribution in [0.15, 0.2) is 24.4 Å². The summed E-state index contributed by atoms with van der Waals surface area (Å²) in [4.78, 5) is 2.16. The van der Waals surface area contributed by atoms with Crippen molar-refractivity contribution in [2.75, 3.05) is 18.1 Å². The Morgan fingerprint density at radius 3 is 2.57 bits per heavy atom. The first-order valence-corrected chi connectivity index (χ1v) is 8.10. The molecular weight excluding hydrogens is 258 g/mol. The van der Waals surface area contributed by atoms with E-state index in [1.54, 1.807) is 0 Å². The molecule has 1 aromatic carbocycles. The Hall–Kier alpha value is -1.77. The molecular formula is C18H25N3. The molecule has 0 atom stereocenters. The smallest absolute Gasteiger partial charge is 0.0952 e. The minimum absolute atomic E-state index is 1.06. The molecule has 1 aliphatic rings. The van der Waals surface area contributed by atoms with E-state index in [-0.39, 0.29) is 0 Å². The lowest BCUT2D eigenvalue weighted by Gasteiger charge is -2.30.